The first kappa shape index (κ1) is 12.9. The second-order valence-corrected chi connectivity index (χ2v) is 5.61. The van der Waals surface area contributed by atoms with E-state index in [1.165, 1.54) is 5.56 Å². The lowest BCUT2D eigenvalue weighted by atomic mass is 9.97. The molecule has 1 heterocycles. The van der Waals surface area contributed by atoms with Crippen LogP contribution >= 0.6 is 15.9 Å². The number of likely N-dealkylation sites (tertiary alicyclic amines) is 1. The number of nitrogen functional groups attached to an aromatic ring is 1. The van der Waals surface area contributed by atoms with Gasteiger partial charge in [0.15, 0.2) is 0 Å². The molecule has 1 aliphatic heterocycles. The standard InChI is InChI=1S/C13H19BrN2O/c14-13-7-12(15)2-1-11(13)8-16-5-3-10(9-17)4-6-16/h1-2,7,10,17H,3-6,8-9,15H2. The quantitative estimate of drug-likeness (QED) is 0.842. The minimum atomic E-state index is 0.333. The summed E-state index contributed by atoms with van der Waals surface area (Å²) < 4.78 is 1.08. The first-order valence-corrected chi connectivity index (χ1v) is 6.85. The summed E-state index contributed by atoms with van der Waals surface area (Å²) in [5, 5.41) is 9.10. The molecule has 0 saturated carbocycles. The van der Waals surface area contributed by atoms with Crippen LogP contribution in [0.15, 0.2) is 22.7 Å². The Kier molecular flexibility index (Phi) is 4.42. The molecule has 0 atom stereocenters. The number of halogens is 1. The Bertz CT molecular complexity index is 376. The molecule has 0 aliphatic carbocycles. The van der Waals surface area contributed by atoms with Crippen LogP contribution in [0, 0.1) is 5.92 Å². The highest BCUT2D eigenvalue weighted by Crippen LogP contribution is 2.24. The van der Waals surface area contributed by atoms with E-state index in [1.807, 2.05) is 12.1 Å². The van der Waals surface area contributed by atoms with Crippen molar-refractivity contribution >= 4 is 21.6 Å². The Hall–Kier alpha value is -0.580. The molecular formula is C13H19BrN2O. The molecule has 1 aromatic carbocycles. The molecule has 4 heteroatoms. The highest BCUT2D eigenvalue weighted by atomic mass is 79.9. The van der Waals surface area contributed by atoms with Gasteiger partial charge in [-0.15, -0.1) is 0 Å². The molecule has 17 heavy (non-hydrogen) atoms. The Labute approximate surface area is 111 Å². The number of hydrogen-bond acceptors (Lipinski definition) is 3. The summed E-state index contributed by atoms with van der Waals surface area (Å²) in [5.74, 6) is 0.501. The lowest BCUT2D eigenvalue weighted by Gasteiger charge is -2.31. The first-order valence-electron chi connectivity index (χ1n) is 6.06. The maximum absolute atomic E-state index is 9.10. The number of aliphatic hydroxyl groups is 1. The van der Waals surface area contributed by atoms with E-state index in [4.69, 9.17) is 10.8 Å². The third kappa shape index (κ3) is 3.44. The summed E-state index contributed by atoms with van der Waals surface area (Å²) in [7, 11) is 0. The molecule has 1 aliphatic rings. The number of nitrogens with zero attached hydrogens (tertiary/aromatic N) is 1. The van der Waals surface area contributed by atoms with Gasteiger partial charge in [-0.25, -0.2) is 0 Å². The zero-order valence-electron chi connectivity index (χ0n) is 9.90. The van der Waals surface area contributed by atoms with E-state index in [9.17, 15) is 0 Å². The zero-order chi connectivity index (χ0) is 12.3. The number of hydrogen-bond donors (Lipinski definition) is 2. The molecule has 1 saturated heterocycles. The minimum absolute atomic E-state index is 0.333. The van der Waals surface area contributed by atoms with Gasteiger partial charge in [0.1, 0.15) is 0 Å². The topological polar surface area (TPSA) is 49.5 Å². The molecule has 3 N–H and O–H groups in total. The Balaban J connectivity index is 1.93. The van der Waals surface area contributed by atoms with Crippen molar-refractivity contribution in [2.75, 3.05) is 25.4 Å². The fourth-order valence-corrected chi connectivity index (χ4v) is 2.78. The number of piperidine rings is 1. The summed E-state index contributed by atoms with van der Waals surface area (Å²) in [4.78, 5) is 2.43. The van der Waals surface area contributed by atoms with Gasteiger partial charge in [-0.3, -0.25) is 4.90 Å². The van der Waals surface area contributed by atoms with Crippen molar-refractivity contribution in [3.05, 3.63) is 28.2 Å². The summed E-state index contributed by atoms with van der Waals surface area (Å²) in [6.45, 7) is 3.43. The Morgan fingerprint density at radius 1 is 1.35 bits per heavy atom. The van der Waals surface area contributed by atoms with E-state index in [-0.39, 0.29) is 0 Å². The highest BCUT2D eigenvalue weighted by Gasteiger charge is 2.18. The molecule has 0 amide bonds. The Morgan fingerprint density at radius 2 is 2.06 bits per heavy atom. The molecule has 0 aromatic heterocycles. The third-order valence-electron chi connectivity index (χ3n) is 3.44. The molecule has 94 valence electrons. The fourth-order valence-electron chi connectivity index (χ4n) is 2.26. The molecule has 1 aromatic rings. The summed E-state index contributed by atoms with van der Waals surface area (Å²) in [5.41, 5.74) is 7.80. The molecule has 0 spiro atoms. The molecular weight excluding hydrogens is 280 g/mol. The predicted molar refractivity (Wildman–Crippen MR) is 73.6 cm³/mol. The van der Waals surface area contributed by atoms with Crippen LogP contribution in [0.25, 0.3) is 0 Å². The van der Waals surface area contributed by atoms with Gasteiger partial charge in [0, 0.05) is 23.3 Å². The lowest BCUT2D eigenvalue weighted by molar-refractivity contribution is 0.127. The van der Waals surface area contributed by atoms with Crippen LogP contribution in [0.1, 0.15) is 18.4 Å². The van der Waals surface area contributed by atoms with Crippen molar-refractivity contribution < 1.29 is 5.11 Å². The van der Waals surface area contributed by atoms with E-state index in [0.29, 0.717) is 12.5 Å². The Morgan fingerprint density at radius 3 is 2.65 bits per heavy atom. The normalized spacial score (nSPS) is 18.5. The number of rotatable bonds is 3. The van der Waals surface area contributed by atoms with Gasteiger partial charge in [-0.1, -0.05) is 22.0 Å². The van der Waals surface area contributed by atoms with Crippen LogP contribution in [-0.2, 0) is 6.54 Å². The smallest absolute Gasteiger partial charge is 0.0460 e. The van der Waals surface area contributed by atoms with Crippen LogP contribution in [0.2, 0.25) is 0 Å². The van der Waals surface area contributed by atoms with E-state index in [2.05, 4.69) is 26.9 Å². The number of nitrogens with two attached hydrogens (primary N) is 1. The van der Waals surface area contributed by atoms with Gasteiger partial charge in [-0.2, -0.15) is 0 Å². The average molecular weight is 299 g/mol. The van der Waals surface area contributed by atoms with Crippen molar-refractivity contribution in [3.8, 4) is 0 Å². The number of benzene rings is 1. The van der Waals surface area contributed by atoms with E-state index < -0.39 is 0 Å². The molecule has 1 fully saturated rings. The lowest BCUT2D eigenvalue weighted by Crippen LogP contribution is -2.34. The van der Waals surface area contributed by atoms with Gasteiger partial charge < -0.3 is 10.8 Å². The second kappa shape index (κ2) is 5.85. The van der Waals surface area contributed by atoms with Crippen LogP contribution < -0.4 is 5.73 Å². The average Bonchev–Trinajstić information content (AvgIpc) is 2.34. The van der Waals surface area contributed by atoms with Crippen molar-refractivity contribution in [1.82, 2.24) is 4.90 Å². The zero-order valence-corrected chi connectivity index (χ0v) is 11.5. The van der Waals surface area contributed by atoms with Crippen molar-refractivity contribution in [3.63, 3.8) is 0 Å². The molecule has 0 unspecified atom stereocenters. The summed E-state index contributed by atoms with van der Waals surface area (Å²) in [6, 6.07) is 5.98. The number of anilines is 1. The molecule has 2 rings (SSSR count). The van der Waals surface area contributed by atoms with E-state index in [1.54, 1.807) is 0 Å². The molecule has 3 nitrogen and oxygen atoms in total. The van der Waals surface area contributed by atoms with Crippen LogP contribution in [0.5, 0.6) is 0 Å². The highest BCUT2D eigenvalue weighted by molar-refractivity contribution is 9.10. The van der Waals surface area contributed by atoms with E-state index >= 15 is 0 Å². The summed E-state index contributed by atoms with van der Waals surface area (Å²) in [6.07, 6.45) is 2.20. The van der Waals surface area contributed by atoms with Gasteiger partial charge in [0.25, 0.3) is 0 Å². The third-order valence-corrected chi connectivity index (χ3v) is 4.17. The molecule has 0 bridgehead atoms. The number of aliphatic hydroxyl groups excluding tert-OH is 1. The van der Waals surface area contributed by atoms with Gasteiger partial charge in [0.05, 0.1) is 0 Å². The first-order chi connectivity index (χ1) is 8.19. The van der Waals surface area contributed by atoms with Crippen molar-refractivity contribution in [2.24, 2.45) is 5.92 Å². The van der Waals surface area contributed by atoms with Crippen LogP contribution in [0.4, 0.5) is 5.69 Å². The maximum atomic E-state index is 9.10. The van der Waals surface area contributed by atoms with Crippen LogP contribution in [0.3, 0.4) is 0 Å². The van der Waals surface area contributed by atoms with Crippen molar-refractivity contribution in [1.29, 1.82) is 0 Å². The SMILES string of the molecule is Nc1ccc(CN2CCC(CO)CC2)c(Br)c1. The van der Waals surface area contributed by atoms with Crippen LogP contribution in [-0.4, -0.2) is 29.7 Å². The van der Waals surface area contributed by atoms with Gasteiger partial charge in [-0.05, 0) is 49.5 Å². The largest absolute Gasteiger partial charge is 0.399 e. The fraction of sp³-hybridized carbons (Fsp3) is 0.538. The molecule has 0 radical (unpaired) electrons. The maximum Gasteiger partial charge on any atom is 0.0460 e. The van der Waals surface area contributed by atoms with Gasteiger partial charge >= 0.3 is 0 Å². The predicted octanol–water partition coefficient (Wildman–Crippen LogP) is 2.24. The second-order valence-electron chi connectivity index (χ2n) is 4.75. The minimum Gasteiger partial charge on any atom is -0.399 e. The summed E-state index contributed by atoms with van der Waals surface area (Å²) >= 11 is 3.55. The van der Waals surface area contributed by atoms with E-state index in [0.717, 1.165) is 42.6 Å². The monoisotopic (exact) mass is 298 g/mol. The van der Waals surface area contributed by atoms with Gasteiger partial charge in [0.2, 0.25) is 0 Å². The van der Waals surface area contributed by atoms with Crippen molar-refractivity contribution in [2.45, 2.75) is 19.4 Å².